The molecule has 3 aromatic rings. The molecular weight excluding hydrogens is 375 g/mol. The van der Waals surface area contributed by atoms with E-state index < -0.39 is 22.2 Å². The molecule has 0 amide bonds. The minimum Gasteiger partial charge on any atom is -0.292 e. The Morgan fingerprint density at radius 1 is 1.18 bits per heavy atom. The fraction of sp³-hybridized carbons (Fsp3) is 0.263. The van der Waals surface area contributed by atoms with E-state index in [4.69, 9.17) is 0 Å². The topological polar surface area (TPSA) is 78.0 Å². The zero-order valence-corrected chi connectivity index (χ0v) is 14.9. The molecule has 0 saturated carbocycles. The molecule has 0 aliphatic carbocycles. The van der Waals surface area contributed by atoms with Gasteiger partial charge in [-0.15, -0.1) is 0 Å². The quantitative estimate of drug-likeness (QED) is 0.479. The summed E-state index contributed by atoms with van der Waals surface area (Å²) in [6.07, 6.45) is -3.55. The van der Waals surface area contributed by atoms with Gasteiger partial charge in [-0.25, -0.2) is 4.98 Å². The maximum atomic E-state index is 13.3. The normalized spacial score (nSPS) is 11.7. The van der Waals surface area contributed by atoms with Gasteiger partial charge in [0.05, 0.1) is 27.9 Å². The molecule has 0 radical (unpaired) electrons. The molecule has 0 N–H and O–H groups in total. The third-order valence-corrected chi connectivity index (χ3v) is 4.35. The molecule has 3 rings (SSSR count). The third kappa shape index (κ3) is 3.73. The van der Waals surface area contributed by atoms with E-state index in [1.54, 1.807) is 0 Å². The average Bonchev–Trinajstić information content (AvgIpc) is 2.64. The first kappa shape index (κ1) is 19.5. The number of aryl methyl sites for hydroxylation is 1. The van der Waals surface area contributed by atoms with Crippen LogP contribution >= 0.6 is 0 Å². The number of fused-ring (bicyclic) bond motifs is 1. The summed E-state index contributed by atoms with van der Waals surface area (Å²) in [5.74, 6) is 0.339. The Labute approximate surface area is 157 Å². The molecule has 28 heavy (non-hydrogen) atoms. The van der Waals surface area contributed by atoms with Crippen LogP contribution in [0.15, 0.2) is 47.3 Å². The van der Waals surface area contributed by atoms with Gasteiger partial charge in [0.1, 0.15) is 5.82 Å². The van der Waals surface area contributed by atoms with Gasteiger partial charge in [-0.2, -0.15) is 13.2 Å². The van der Waals surface area contributed by atoms with E-state index in [-0.39, 0.29) is 28.7 Å². The van der Waals surface area contributed by atoms with Crippen molar-refractivity contribution in [1.29, 1.82) is 0 Å². The highest BCUT2D eigenvalue weighted by atomic mass is 19.4. The molecule has 0 unspecified atom stereocenters. The second-order valence-corrected chi connectivity index (χ2v) is 6.28. The molecular formula is C19H16F3N3O3. The number of hydrogen-bond acceptors (Lipinski definition) is 4. The van der Waals surface area contributed by atoms with Crippen molar-refractivity contribution in [2.75, 3.05) is 0 Å². The number of alkyl halides is 3. The van der Waals surface area contributed by atoms with E-state index >= 15 is 0 Å². The molecule has 6 nitrogen and oxygen atoms in total. The van der Waals surface area contributed by atoms with Crippen molar-refractivity contribution in [3.05, 3.63) is 79.9 Å². The second kappa shape index (κ2) is 7.41. The Morgan fingerprint density at radius 3 is 2.54 bits per heavy atom. The zero-order chi connectivity index (χ0) is 20.5. The van der Waals surface area contributed by atoms with Crippen LogP contribution in [0.2, 0.25) is 0 Å². The van der Waals surface area contributed by atoms with E-state index in [1.165, 1.54) is 34.9 Å². The summed E-state index contributed by atoms with van der Waals surface area (Å²) in [6, 6.07) is 8.74. The highest BCUT2D eigenvalue weighted by molar-refractivity contribution is 5.80. The predicted molar refractivity (Wildman–Crippen MR) is 97.2 cm³/mol. The number of hydrogen-bond donors (Lipinski definition) is 0. The average molecular weight is 391 g/mol. The maximum absolute atomic E-state index is 13.3. The Morgan fingerprint density at radius 2 is 1.89 bits per heavy atom. The van der Waals surface area contributed by atoms with E-state index in [2.05, 4.69) is 4.98 Å². The molecule has 1 aromatic heterocycles. The van der Waals surface area contributed by atoms with Crippen molar-refractivity contribution >= 4 is 16.6 Å². The molecule has 0 fully saturated rings. The van der Waals surface area contributed by atoms with Gasteiger partial charge in [0.2, 0.25) is 0 Å². The molecule has 0 bridgehead atoms. The number of halogens is 3. The van der Waals surface area contributed by atoms with Crippen LogP contribution < -0.4 is 5.56 Å². The summed E-state index contributed by atoms with van der Waals surface area (Å²) in [5.41, 5.74) is -1.50. The molecule has 0 atom stereocenters. The number of non-ortho nitro benzene ring substituents is 1. The Kier molecular flexibility index (Phi) is 5.17. The standard InChI is InChI=1S/C19H16F3N3O3/c1-2-5-17-23-16-9-8-13(25(27)28)10-14(16)18(26)24(17)11-12-6-3-4-7-15(12)19(20,21)22/h3-4,6-10H,2,5,11H2,1H3. The molecule has 0 aliphatic rings. The fourth-order valence-electron chi connectivity index (χ4n) is 3.05. The van der Waals surface area contributed by atoms with Gasteiger partial charge in [-0.1, -0.05) is 25.1 Å². The van der Waals surface area contributed by atoms with Crippen LogP contribution in [0.4, 0.5) is 18.9 Å². The van der Waals surface area contributed by atoms with Gasteiger partial charge in [-0.05, 0) is 24.1 Å². The van der Waals surface area contributed by atoms with Gasteiger partial charge in [0, 0.05) is 18.6 Å². The van der Waals surface area contributed by atoms with Gasteiger partial charge >= 0.3 is 6.18 Å². The summed E-state index contributed by atoms with van der Waals surface area (Å²) in [6.45, 7) is 1.54. The van der Waals surface area contributed by atoms with E-state index in [1.807, 2.05) is 6.92 Å². The number of aromatic nitrogens is 2. The number of rotatable bonds is 5. The molecule has 146 valence electrons. The summed E-state index contributed by atoms with van der Waals surface area (Å²) in [7, 11) is 0. The van der Waals surface area contributed by atoms with E-state index in [0.717, 1.165) is 12.1 Å². The maximum Gasteiger partial charge on any atom is 0.416 e. The Bertz CT molecular complexity index is 1110. The van der Waals surface area contributed by atoms with Gasteiger partial charge in [0.15, 0.2) is 0 Å². The highest BCUT2D eigenvalue weighted by Crippen LogP contribution is 2.32. The van der Waals surface area contributed by atoms with Crippen molar-refractivity contribution in [1.82, 2.24) is 9.55 Å². The first-order valence-electron chi connectivity index (χ1n) is 8.55. The smallest absolute Gasteiger partial charge is 0.292 e. The van der Waals surface area contributed by atoms with Crippen molar-refractivity contribution in [3.63, 3.8) is 0 Å². The zero-order valence-electron chi connectivity index (χ0n) is 14.9. The van der Waals surface area contributed by atoms with Gasteiger partial charge < -0.3 is 0 Å². The van der Waals surface area contributed by atoms with E-state index in [0.29, 0.717) is 18.7 Å². The molecule has 0 spiro atoms. The molecule has 1 heterocycles. The minimum absolute atomic E-state index is 0.00135. The Hall–Kier alpha value is -3.23. The number of nitro groups is 1. The predicted octanol–water partition coefficient (Wildman–Crippen LogP) is 4.32. The molecule has 2 aromatic carbocycles. The lowest BCUT2D eigenvalue weighted by molar-refractivity contribution is -0.384. The van der Waals surface area contributed by atoms with Crippen molar-refractivity contribution in [2.45, 2.75) is 32.5 Å². The minimum atomic E-state index is -4.56. The third-order valence-electron chi connectivity index (χ3n) is 4.35. The summed E-state index contributed by atoms with van der Waals surface area (Å²) < 4.78 is 41.1. The number of nitro benzene ring substituents is 1. The monoisotopic (exact) mass is 391 g/mol. The van der Waals surface area contributed by atoms with Crippen LogP contribution in [0.5, 0.6) is 0 Å². The summed E-state index contributed by atoms with van der Waals surface area (Å²) in [5, 5.41) is 11.0. The molecule has 9 heteroatoms. The van der Waals surface area contributed by atoms with E-state index in [9.17, 15) is 28.1 Å². The second-order valence-electron chi connectivity index (χ2n) is 6.28. The van der Waals surface area contributed by atoms with Crippen LogP contribution in [0.1, 0.15) is 30.3 Å². The largest absolute Gasteiger partial charge is 0.416 e. The van der Waals surface area contributed by atoms with Gasteiger partial charge in [0.25, 0.3) is 11.2 Å². The van der Waals surface area contributed by atoms with Crippen LogP contribution in [-0.4, -0.2) is 14.5 Å². The fourth-order valence-corrected chi connectivity index (χ4v) is 3.05. The van der Waals surface area contributed by atoms with Crippen LogP contribution in [0.3, 0.4) is 0 Å². The van der Waals surface area contributed by atoms with Crippen LogP contribution in [0, 0.1) is 10.1 Å². The van der Waals surface area contributed by atoms with Gasteiger partial charge in [-0.3, -0.25) is 19.5 Å². The lowest BCUT2D eigenvalue weighted by Crippen LogP contribution is -2.27. The number of benzene rings is 2. The lowest BCUT2D eigenvalue weighted by Gasteiger charge is -2.17. The van der Waals surface area contributed by atoms with Crippen molar-refractivity contribution < 1.29 is 18.1 Å². The summed E-state index contributed by atoms with van der Waals surface area (Å²) in [4.78, 5) is 27.7. The van der Waals surface area contributed by atoms with Crippen LogP contribution in [-0.2, 0) is 19.1 Å². The first-order chi connectivity index (χ1) is 13.2. The van der Waals surface area contributed by atoms with Crippen molar-refractivity contribution in [2.24, 2.45) is 0 Å². The molecule has 0 saturated heterocycles. The first-order valence-corrected chi connectivity index (χ1v) is 8.55. The lowest BCUT2D eigenvalue weighted by atomic mass is 10.1. The number of nitrogens with zero attached hydrogens (tertiary/aromatic N) is 3. The van der Waals surface area contributed by atoms with Crippen molar-refractivity contribution in [3.8, 4) is 0 Å². The SMILES string of the molecule is CCCc1nc2ccc([N+](=O)[O-])cc2c(=O)n1Cc1ccccc1C(F)(F)F. The Balaban J connectivity index is 2.22. The van der Waals surface area contributed by atoms with Crippen LogP contribution in [0.25, 0.3) is 10.9 Å². The summed E-state index contributed by atoms with van der Waals surface area (Å²) >= 11 is 0. The highest BCUT2D eigenvalue weighted by Gasteiger charge is 2.33. The molecule has 0 aliphatic heterocycles.